The van der Waals surface area contributed by atoms with Crippen LogP contribution in [0.25, 0.3) is 0 Å². The van der Waals surface area contributed by atoms with Crippen molar-refractivity contribution in [3.8, 4) is 5.75 Å². The second kappa shape index (κ2) is 10.2. The number of anilines is 1. The van der Waals surface area contributed by atoms with Crippen molar-refractivity contribution < 1.29 is 33.8 Å². The minimum atomic E-state index is -0.972. The first kappa shape index (κ1) is 24.3. The molecule has 1 aromatic carbocycles. The number of methoxy groups -OCH3 is 1. The van der Waals surface area contributed by atoms with Crippen LogP contribution in [-0.2, 0) is 9.59 Å². The zero-order chi connectivity index (χ0) is 25.1. The van der Waals surface area contributed by atoms with Gasteiger partial charge in [-0.05, 0) is 31.0 Å². The van der Waals surface area contributed by atoms with Crippen molar-refractivity contribution in [3.05, 3.63) is 23.8 Å². The fraction of sp³-hybridized carbons (Fsp3) is 0.522. The molecule has 0 unspecified atom stereocenters. The zero-order valence-corrected chi connectivity index (χ0v) is 19.6. The van der Waals surface area contributed by atoms with Crippen molar-refractivity contribution in [2.45, 2.75) is 19.3 Å². The fourth-order valence-corrected chi connectivity index (χ4v) is 4.72. The highest BCUT2D eigenvalue weighted by Crippen LogP contribution is 2.32. The van der Waals surface area contributed by atoms with E-state index in [2.05, 4.69) is 5.32 Å². The zero-order valence-electron chi connectivity index (χ0n) is 19.6. The van der Waals surface area contributed by atoms with Crippen LogP contribution in [0.5, 0.6) is 5.75 Å². The number of urea groups is 1. The third-order valence-electron chi connectivity index (χ3n) is 6.76. The summed E-state index contributed by atoms with van der Waals surface area (Å²) >= 11 is 0. The van der Waals surface area contributed by atoms with E-state index in [4.69, 9.17) is 9.84 Å². The van der Waals surface area contributed by atoms with Crippen molar-refractivity contribution in [1.82, 2.24) is 20.0 Å². The molecule has 3 aliphatic rings. The largest absolute Gasteiger partial charge is 0.495 e. The number of likely N-dealkylation sites (tertiary alicyclic amines) is 1. The first-order valence-electron chi connectivity index (χ1n) is 11.6. The molecule has 12 nitrogen and oxygen atoms in total. The molecule has 0 spiro atoms. The van der Waals surface area contributed by atoms with Crippen LogP contribution in [-0.4, -0.2) is 103 Å². The summed E-state index contributed by atoms with van der Waals surface area (Å²) in [6.45, 7) is 2.41. The quantitative estimate of drug-likeness (QED) is 0.641. The molecule has 12 heteroatoms. The molecule has 0 bridgehead atoms. The first-order valence-corrected chi connectivity index (χ1v) is 11.6. The Morgan fingerprint density at radius 1 is 0.943 bits per heavy atom. The highest BCUT2D eigenvalue weighted by atomic mass is 16.5. The molecule has 3 aliphatic heterocycles. The summed E-state index contributed by atoms with van der Waals surface area (Å²) < 4.78 is 5.36. The van der Waals surface area contributed by atoms with Crippen LogP contribution in [0, 0.1) is 5.92 Å². The van der Waals surface area contributed by atoms with E-state index in [0.717, 1.165) is 0 Å². The van der Waals surface area contributed by atoms with Gasteiger partial charge >= 0.3 is 12.1 Å². The Balaban J connectivity index is 1.38. The van der Waals surface area contributed by atoms with Gasteiger partial charge in [-0.3, -0.25) is 24.6 Å². The molecule has 2 N–H and O–H groups in total. The number of carboxylic acid groups (broad SMARTS) is 1. The lowest BCUT2D eigenvalue weighted by molar-refractivity contribution is -0.138. The lowest BCUT2D eigenvalue weighted by atomic mass is 9.94. The van der Waals surface area contributed by atoms with E-state index >= 15 is 0 Å². The number of ether oxygens (including phenoxy) is 1. The first-order chi connectivity index (χ1) is 16.8. The van der Waals surface area contributed by atoms with Gasteiger partial charge < -0.3 is 24.5 Å². The average molecular weight is 488 g/mol. The van der Waals surface area contributed by atoms with E-state index in [1.54, 1.807) is 28.0 Å². The summed E-state index contributed by atoms with van der Waals surface area (Å²) in [5.74, 6) is -0.323. The number of carbonyl (C=O) groups excluding carboxylic acids is 4. The van der Waals surface area contributed by atoms with Crippen LogP contribution >= 0.6 is 0 Å². The second-order valence-corrected chi connectivity index (χ2v) is 8.80. The van der Waals surface area contributed by atoms with Crippen LogP contribution in [0.15, 0.2) is 18.2 Å². The van der Waals surface area contributed by atoms with Crippen molar-refractivity contribution in [1.29, 1.82) is 0 Å². The van der Waals surface area contributed by atoms with Gasteiger partial charge in [-0.15, -0.1) is 0 Å². The Morgan fingerprint density at radius 2 is 1.60 bits per heavy atom. The molecule has 0 saturated carbocycles. The lowest BCUT2D eigenvalue weighted by Crippen LogP contribution is -2.53. The van der Waals surface area contributed by atoms with Gasteiger partial charge in [0.05, 0.1) is 12.8 Å². The Bertz CT molecular complexity index is 1030. The molecule has 3 heterocycles. The third kappa shape index (κ3) is 5.15. The number of carbonyl (C=O) groups is 5. The Kier molecular flexibility index (Phi) is 7.08. The molecule has 0 aliphatic carbocycles. The maximum Gasteiger partial charge on any atom is 0.407 e. The minimum Gasteiger partial charge on any atom is -0.495 e. The number of hydrogen-bond acceptors (Lipinski definition) is 6. The van der Waals surface area contributed by atoms with Gasteiger partial charge in [0.1, 0.15) is 5.75 Å². The Hall–Kier alpha value is -3.83. The average Bonchev–Trinajstić information content (AvgIpc) is 2.87. The van der Waals surface area contributed by atoms with Crippen molar-refractivity contribution >= 4 is 35.5 Å². The highest BCUT2D eigenvalue weighted by molar-refractivity contribution is 6.07. The fourth-order valence-electron chi connectivity index (χ4n) is 4.72. The molecule has 35 heavy (non-hydrogen) atoms. The van der Waals surface area contributed by atoms with E-state index in [1.807, 2.05) is 0 Å². The minimum absolute atomic E-state index is 0.0135. The van der Waals surface area contributed by atoms with Crippen LogP contribution < -0.4 is 15.0 Å². The molecule has 0 atom stereocenters. The van der Waals surface area contributed by atoms with Gasteiger partial charge in [0.25, 0.3) is 5.91 Å². The van der Waals surface area contributed by atoms with Crippen molar-refractivity contribution in [3.63, 3.8) is 0 Å². The monoisotopic (exact) mass is 487 g/mol. The van der Waals surface area contributed by atoms with Crippen LogP contribution in [0.3, 0.4) is 0 Å². The van der Waals surface area contributed by atoms with Gasteiger partial charge in [-0.2, -0.15) is 0 Å². The van der Waals surface area contributed by atoms with E-state index in [1.165, 1.54) is 16.9 Å². The Labute approximate surface area is 202 Å². The van der Waals surface area contributed by atoms with Gasteiger partial charge in [0, 0.05) is 63.7 Å². The van der Waals surface area contributed by atoms with Crippen molar-refractivity contribution in [2.24, 2.45) is 5.92 Å². The maximum absolute atomic E-state index is 13.2. The molecule has 0 aromatic heterocycles. The number of imide groups is 1. The summed E-state index contributed by atoms with van der Waals surface area (Å²) in [6.07, 6.45) is 0.243. The SMILES string of the molecule is COc1ccc(C(=O)N2CCC(C(=O)N3CCN(C(=O)O)CC3)CC2)cc1N1CCC(=O)NC1=O. The lowest BCUT2D eigenvalue weighted by Gasteiger charge is -2.37. The van der Waals surface area contributed by atoms with Gasteiger partial charge in [0.15, 0.2) is 0 Å². The van der Waals surface area contributed by atoms with Gasteiger partial charge in [-0.25, -0.2) is 9.59 Å². The molecule has 1 aromatic rings. The summed E-state index contributed by atoms with van der Waals surface area (Å²) in [5.41, 5.74) is 0.800. The van der Waals surface area contributed by atoms with E-state index < -0.39 is 12.1 Å². The topological polar surface area (TPSA) is 140 Å². The predicted octanol–water partition coefficient (Wildman–Crippen LogP) is 0.816. The van der Waals surface area contributed by atoms with Gasteiger partial charge in [-0.1, -0.05) is 0 Å². The molecule has 6 amide bonds. The predicted molar refractivity (Wildman–Crippen MR) is 123 cm³/mol. The molecule has 4 rings (SSSR count). The molecule has 0 radical (unpaired) electrons. The molecular weight excluding hydrogens is 458 g/mol. The molecule has 3 fully saturated rings. The summed E-state index contributed by atoms with van der Waals surface area (Å²) in [4.78, 5) is 67.1. The number of hydrogen-bond donors (Lipinski definition) is 2. The Morgan fingerprint density at radius 3 is 2.20 bits per heavy atom. The number of amides is 6. The van der Waals surface area contributed by atoms with Crippen LogP contribution in [0.1, 0.15) is 29.6 Å². The van der Waals surface area contributed by atoms with E-state index in [0.29, 0.717) is 69.1 Å². The second-order valence-electron chi connectivity index (χ2n) is 8.80. The highest BCUT2D eigenvalue weighted by Gasteiger charge is 2.33. The standard InChI is InChI=1S/C23H29N5O7/c1-35-18-3-2-16(14-17(18)28-9-6-19(29)24-22(28)32)21(31)25-7-4-15(5-8-25)20(30)26-10-12-27(13-11-26)23(33)34/h2-3,14-15H,4-13H2,1H3,(H,33,34)(H,24,29,32). The maximum atomic E-state index is 13.2. The van der Waals surface area contributed by atoms with Gasteiger partial charge in [0.2, 0.25) is 11.8 Å². The molecule has 188 valence electrons. The summed E-state index contributed by atoms with van der Waals surface area (Å²) in [6, 6.07) is 4.29. The van der Waals surface area contributed by atoms with Crippen LogP contribution in [0.4, 0.5) is 15.3 Å². The summed E-state index contributed by atoms with van der Waals surface area (Å²) in [7, 11) is 1.47. The number of nitrogens with one attached hydrogen (secondary N) is 1. The van der Waals surface area contributed by atoms with E-state index in [9.17, 15) is 24.0 Å². The number of piperazine rings is 1. The normalized spacial score (nSPS) is 19.5. The third-order valence-corrected chi connectivity index (χ3v) is 6.76. The van der Waals surface area contributed by atoms with Crippen LogP contribution in [0.2, 0.25) is 0 Å². The number of rotatable bonds is 4. The number of nitrogens with zero attached hydrogens (tertiary/aromatic N) is 4. The summed E-state index contributed by atoms with van der Waals surface area (Å²) in [5, 5.41) is 11.3. The van der Waals surface area contributed by atoms with Crippen molar-refractivity contribution in [2.75, 3.05) is 57.8 Å². The molecule has 3 saturated heterocycles. The number of benzene rings is 1. The van der Waals surface area contributed by atoms with E-state index in [-0.39, 0.29) is 36.6 Å². The molecular formula is C23H29N5O7. The smallest absolute Gasteiger partial charge is 0.407 e. The number of piperidine rings is 1.